The second-order valence-electron chi connectivity index (χ2n) is 15.3. The highest BCUT2D eigenvalue weighted by molar-refractivity contribution is 7.46. The average molecular weight is 775 g/mol. The van der Waals surface area contributed by atoms with Crippen molar-refractivity contribution < 1.29 is 28.4 Å². The highest BCUT2D eigenvalue weighted by atomic mass is 35.5. The van der Waals surface area contributed by atoms with Crippen LogP contribution in [-0.2, 0) is 26.4 Å². The van der Waals surface area contributed by atoms with Crippen LogP contribution in [0, 0.1) is 22.7 Å². The lowest BCUT2D eigenvalue weighted by Gasteiger charge is -2.61. The van der Waals surface area contributed by atoms with Crippen molar-refractivity contribution in [3.63, 3.8) is 0 Å². The van der Waals surface area contributed by atoms with Crippen molar-refractivity contribution in [1.82, 2.24) is 24.5 Å². The molecule has 2 bridgehead atoms. The van der Waals surface area contributed by atoms with Crippen molar-refractivity contribution in [3.8, 4) is 6.07 Å². The minimum Gasteiger partial charge on any atom is -0.449 e. The van der Waals surface area contributed by atoms with E-state index in [1.807, 2.05) is 16.9 Å². The van der Waals surface area contributed by atoms with Crippen LogP contribution in [0.25, 0.3) is 21.7 Å². The normalized spacial score (nSPS) is 18.4. The lowest BCUT2D eigenvalue weighted by molar-refractivity contribution is -0.0989. The summed E-state index contributed by atoms with van der Waals surface area (Å²) < 4.78 is 25.0. The third kappa shape index (κ3) is 7.20. The smallest absolute Gasteiger partial charge is 0.449 e. The number of carbonyl (C=O) groups is 1. The van der Waals surface area contributed by atoms with Crippen LogP contribution in [0.2, 0.25) is 5.02 Å². The minimum atomic E-state index is -4.73. The number of fused-ring (bicyclic) bond motifs is 2. The predicted octanol–water partition coefficient (Wildman–Crippen LogP) is 6.40. The zero-order valence-electron chi connectivity index (χ0n) is 30.2. The Morgan fingerprint density at radius 3 is 2.61 bits per heavy atom. The molecule has 3 aromatic heterocycles. The Balaban J connectivity index is 1.42. The predicted molar refractivity (Wildman–Crippen MR) is 202 cm³/mol. The second kappa shape index (κ2) is 14.1. The third-order valence-electron chi connectivity index (χ3n) is 10.1. The molecule has 15 nitrogen and oxygen atoms in total. The number of phosphoric acid groups is 1. The number of phosphoric ester groups is 1. The van der Waals surface area contributed by atoms with Crippen molar-refractivity contribution in [2.75, 3.05) is 30.0 Å². The fraction of sp³-hybridized carbons (Fsp3) is 0.405. The molecule has 282 valence electrons. The number of nitrogens with one attached hydrogen (secondary N) is 1. The van der Waals surface area contributed by atoms with Gasteiger partial charge in [0.05, 0.1) is 52.4 Å². The summed E-state index contributed by atoms with van der Waals surface area (Å²) in [5, 5.41) is 24.4. The Bertz CT molecular complexity index is 2410. The maximum absolute atomic E-state index is 14.6. The molecule has 0 radical (unpaired) electrons. The molecule has 3 saturated carbocycles. The first-order valence-corrected chi connectivity index (χ1v) is 19.4. The number of nitrogens with zero attached hydrogens (tertiary/aromatic N) is 7. The maximum atomic E-state index is 14.6. The average Bonchev–Trinajstić information content (AvgIpc) is 3.53. The topological polar surface area (TPSA) is 198 Å². The quantitative estimate of drug-likeness (QED) is 0.0933. The van der Waals surface area contributed by atoms with Crippen LogP contribution >= 0.6 is 19.4 Å². The Morgan fingerprint density at radius 2 is 1.94 bits per heavy atom. The van der Waals surface area contributed by atoms with Crippen molar-refractivity contribution >= 4 is 58.6 Å². The lowest BCUT2D eigenvalue weighted by atomic mass is 9.50. The van der Waals surface area contributed by atoms with Gasteiger partial charge < -0.3 is 24.4 Å². The zero-order chi connectivity index (χ0) is 38.6. The van der Waals surface area contributed by atoms with E-state index in [1.54, 1.807) is 43.6 Å². The minimum absolute atomic E-state index is 0.0195. The van der Waals surface area contributed by atoms with Crippen LogP contribution in [0.4, 0.5) is 16.2 Å². The van der Waals surface area contributed by atoms with Crippen LogP contribution in [0.5, 0.6) is 0 Å². The van der Waals surface area contributed by atoms with E-state index in [9.17, 15) is 19.4 Å². The first-order valence-electron chi connectivity index (χ1n) is 17.5. The molecular weight excluding hydrogens is 735 g/mol. The number of amides is 1. The van der Waals surface area contributed by atoms with E-state index in [-0.39, 0.29) is 52.4 Å². The van der Waals surface area contributed by atoms with Crippen LogP contribution in [0.1, 0.15) is 69.3 Å². The maximum Gasteiger partial charge on any atom is 0.469 e. The molecule has 3 aliphatic rings. The number of halogens is 1. The molecule has 8 rings (SSSR count). The van der Waals surface area contributed by atoms with Gasteiger partial charge in [-0.25, -0.2) is 14.0 Å². The van der Waals surface area contributed by atoms with E-state index >= 15 is 0 Å². The number of benzene rings is 2. The first kappa shape index (κ1) is 37.5. The number of rotatable bonds is 12. The number of carbonyl (C=O) groups excluding carboxylic acids is 1. The van der Waals surface area contributed by atoms with Gasteiger partial charge in [0.15, 0.2) is 0 Å². The van der Waals surface area contributed by atoms with Gasteiger partial charge in [0.25, 0.3) is 5.56 Å². The van der Waals surface area contributed by atoms with Crippen LogP contribution in [0.3, 0.4) is 0 Å². The number of aromatic nitrogens is 5. The van der Waals surface area contributed by atoms with Crippen molar-refractivity contribution in [2.24, 2.45) is 18.4 Å². The summed E-state index contributed by atoms with van der Waals surface area (Å²) in [6.07, 6.45) is 7.05. The number of nitriles is 1. The highest BCUT2D eigenvalue weighted by Gasteiger charge is 2.59. The Kier molecular flexibility index (Phi) is 9.78. The fourth-order valence-corrected chi connectivity index (χ4v) is 7.89. The summed E-state index contributed by atoms with van der Waals surface area (Å²) in [6.45, 7) is 6.05. The zero-order valence-corrected chi connectivity index (χ0v) is 31.8. The molecular formula is C37H40ClN8O7P. The van der Waals surface area contributed by atoms with E-state index in [2.05, 4.69) is 52.0 Å². The van der Waals surface area contributed by atoms with Gasteiger partial charge in [-0.15, -0.1) is 5.10 Å². The summed E-state index contributed by atoms with van der Waals surface area (Å²) in [4.78, 5) is 52.2. The molecule has 0 saturated heterocycles. The SMILES string of the molecule is Cn1ccc2c([C@@H](c3cn(C45CC(C4)C5)nn3)N(C(=O)OCCCOP(=O)(O)O)c3cc(Cl)c4ncc(C#N)c(NCC(C)(C)C)c4c3)cccc2c1=O. The Hall–Kier alpha value is -4.84. The van der Waals surface area contributed by atoms with Crippen molar-refractivity contribution in [1.29, 1.82) is 5.26 Å². The van der Waals surface area contributed by atoms with Gasteiger partial charge >= 0.3 is 13.9 Å². The van der Waals surface area contributed by atoms with Crippen molar-refractivity contribution in [2.45, 2.75) is 58.0 Å². The van der Waals surface area contributed by atoms with Crippen LogP contribution in [0.15, 0.2) is 59.8 Å². The molecule has 2 aromatic carbocycles. The van der Waals surface area contributed by atoms with Gasteiger partial charge in [-0.05, 0) is 65.8 Å². The van der Waals surface area contributed by atoms with E-state index < -0.39 is 20.0 Å². The van der Waals surface area contributed by atoms with Crippen molar-refractivity contribution in [3.05, 3.63) is 87.2 Å². The van der Waals surface area contributed by atoms with Gasteiger partial charge in [-0.1, -0.05) is 49.7 Å². The lowest BCUT2D eigenvalue weighted by Crippen LogP contribution is -2.59. The number of pyridine rings is 2. The van der Waals surface area contributed by atoms with Gasteiger partial charge in [-0.3, -0.25) is 19.2 Å². The molecule has 0 spiro atoms. The molecule has 17 heteroatoms. The van der Waals surface area contributed by atoms with E-state index in [0.29, 0.717) is 51.1 Å². The summed E-state index contributed by atoms with van der Waals surface area (Å²) in [7, 11) is -3.07. The molecule has 5 aromatic rings. The number of anilines is 2. The number of aryl methyl sites for hydroxylation is 1. The molecule has 1 amide bonds. The van der Waals surface area contributed by atoms with Gasteiger partial charge in [0, 0.05) is 43.2 Å². The monoisotopic (exact) mass is 774 g/mol. The molecule has 3 aliphatic carbocycles. The number of hydrogen-bond donors (Lipinski definition) is 3. The fourth-order valence-electron chi connectivity index (χ4n) is 7.26. The number of ether oxygens (including phenoxy) is 1. The third-order valence-corrected chi connectivity index (χ3v) is 10.9. The molecule has 3 heterocycles. The van der Waals surface area contributed by atoms with E-state index in [4.69, 9.17) is 26.1 Å². The van der Waals surface area contributed by atoms with Gasteiger partial charge in [-0.2, -0.15) is 5.26 Å². The summed E-state index contributed by atoms with van der Waals surface area (Å²) >= 11 is 6.96. The number of hydrogen-bond acceptors (Lipinski definition) is 10. The van der Waals surface area contributed by atoms with Crippen LogP contribution < -0.4 is 15.8 Å². The Morgan fingerprint density at radius 1 is 1.19 bits per heavy atom. The summed E-state index contributed by atoms with van der Waals surface area (Å²) in [5.41, 5.74) is 1.88. The Labute approximate surface area is 315 Å². The van der Waals surface area contributed by atoms with E-state index in [1.165, 1.54) is 15.7 Å². The molecule has 3 N–H and O–H groups in total. The highest BCUT2D eigenvalue weighted by Crippen LogP contribution is 2.62. The second-order valence-corrected chi connectivity index (χ2v) is 16.9. The standard InChI is InChI=1S/C37H40ClN8O7P/c1-36(2,3)21-41-31-23(18-39)19-40-32-28(31)13-24(14-29(32)38)46(35(48)52-11-6-12-53-54(49,50)51)33(30-20-45(43-42-30)37-15-22(16-37)17-37)26-7-5-8-27-25(26)9-10-44(4)34(27)47/h5,7-10,13-14,19-20,22,33H,6,11-12,15-17,21H2,1-4H3,(H,40,41)(H2,49,50,51)/t22?,33-,37?/m0/s1. The molecule has 54 heavy (non-hydrogen) atoms. The van der Waals surface area contributed by atoms with E-state index in [0.717, 1.165) is 19.3 Å². The van der Waals surface area contributed by atoms with Gasteiger partial charge in [0.1, 0.15) is 17.8 Å². The molecule has 0 aliphatic heterocycles. The largest absolute Gasteiger partial charge is 0.469 e. The molecule has 0 unspecified atom stereocenters. The molecule has 3 fully saturated rings. The van der Waals surface area contributed by atoms with Gasteiger partial charge in [0.2, 0.25) is 0 Å². The van der Waals surface area contributed by atoms with Crippen LogP contribution in [-0.4, -0.2) is 60.2 Å². The summed E-state index contributed by atoms with van der Waals surface area (Å²) in [5.74, 6) is 0.663. The first-order chi connectivity index (χ1) is 25.6. The molecule has 1 atom stereocenters. The summed E-state index contributed by atoms with van der Waals surface area (Å²) in [6, 6.07) is 11.6.